The minimum Gasteiger partial charge on any atom is -0.329 e. The zero-order valence-electron chi connectivity index (χ0n) is 10.5. The fourth-order valence-electron chi connectivity index (χ4n) is 2.76. The molecule has 2 N–H and O–H groups in total. The number of H-pyrrole nitrogens is 1. The van der Waals surface area contributed by atoms with Crippen LogP contribution in [0.2, 0.25) is 0 Å². The Bertz CT molecular complexity index is 626. The van der Waals surface area contributed by atoms with Gasteiger partial charge < -0.3 is 10.3 Å². The molecule has 1 fully saturated rings. The quantitative estimate of drug-likeness (QED) is 0.801. The van der Waals surface area contributed by atoms with E-state index < -0.39 is 0 Å². The fourth-order valence-corrected chi connectivity index (χ4v) is 2.76. The number of aromatic amines is 1. The minimum absolute atomic E-state index is 0.0469. The van der Waals surface area contributed by atoms with Crippen molar-refractivity contribution in [2.45, 2.75) is 25.7 Å². The normalized spacial score (nSPS) is 17.2. The van der Waals surface area contributed by atoms with E-state index >= 15 is 0 Å². The van der Waals surface area contributed by atoms with Gasteiger partial charge in [-0.1, -0.05) is 0 Å². The molecular weight excluding hydrogens is 226 g/mol. The van der Waals surface area contributed by atoms with Crippen LogP contribution in [0.4, 0.5) is 0 Å². The van der Waals surface area contributed by atoms with E-state index in [1.165, 1.54) is 0 Å². The van der Waals surface area contributed by atoms with E-state index in [1.54, 1.807) is 6.20 Å². The van der Waals surface area contributed by atoms with Crippen molar-refractivity contribution in [1.82, 2.24) is 15.3 Å². The Hall–Kier alpha value is -1.68. The Labute approximate surface area is 105 Å². The number of fused-ring (bicyclic) bond motifs is 1. The Morgan fingerprint density at radius 1 is 1.33 bits per heavy atom. The summed E-state index contributed by atoms with van der Waals surface area (Å²) in [5, 5.41) is 5.08. The number of pyridine rings is 2. The van der Waals surface area contributed by atoms with Gasteiger partial charge in [-0.15, -0.1) is 0 Å². The lowest BCUT2D eigenvalue weighted by atomic mass is 9.93. The van der Waals surface area contributed by atoms with Gasteiger partial charge in [0.05, 0.1) is 11.1 Å². The predicted molar refractivity (Wildman–Crippen MR) is 71.9 cm³/mol. The number of nitrogens with zero attached hydrogens (tertiary/aromatic N) is 1. The molecule has 0 aromatic carbocycles. The van der Waals surface area contributed by atoms with Gasteiger partial charge in [0.1, 0.15) is 0 Å². The van der Waals surface area contributed by atoms with Crippen molar-refractivity contribution in [1.29, 1.82) is 0 Å². The molecule has 4 nitrogen and oxygen atoms in total. The molecule has 94 valence electrons. The van der Waals surface area contributed by atoms with Crippen molar-refractivity contribution in [3.63, 3.8) is 0 Å². The molecule has 2 aromatic heterocycles. The smallest absolute Gasteiger partial charge is 0.257 e. The molecule has 1 saturated heterocycles. The zero-order chi connectivity index (χ0) is 12.5. The van der Waals surface area contributed by atoms with Gasteiger partial charge in [-0.3, -0.25) is 9.78 Å². The molecule has 0 unspecified atom stereocenters. The molecule has 4 heteroatoms. The number of aromatic nitrogens is 2. The molecule has 0 radical (unpaired) electrons. The molecular formula is C14H17N3O. The van der Waals surface area contributed by atoms with Gasteiger partial charge in [-0.05, 0) is 50.4 Å². The zero-order valence-corrected chi connectivity index (χ0v) is 10.5. The third-order valence-corrected chi connectivity index (χ3v) is 3.71. The molecule has 0 aliphatic carbocycles. The van der Waals surface area contributed by atoms with Gasteiger partial charge in [0, 0.05) is 17.8 Å². The van der Waals surface area contributed by atoms with Crippen LogP contribution in [0.1, 0.15) is 30.1 Å². The van der Waals surface area contributed by atoms with Gasteiger partial charge in [-0.25, -0.2) is 0 Å². The first-order valence-corrected chi connectivity index (χ1v) is 6.45. The summed E-state index contributed by atoms with van der Waals surface area (Å²) >= 11 is 0. The van der Waals surface area contributed by atoms with Crippen LogP contribution in [0.3, 0.4) is 0 Å². The van der Waals surface area contributed by atoms with Crippen molar-refractivity contribution in [2.24, 2.45) is 0 Å². The van der Waals surface area contributed by atoms with Crippen LogP contribution in [0.25, 0.3) is 10.8 Å². The SMILES string of the molecule is Cc1nc(C2CCNCC2)cc2cc[nH]c(=O)c12. The average Bonchev–Trinajstić information content (AvgIpc) is 2.39. The van der Waals surface area contributed by atoms with Crippen LogP contribution in [-0.4, -0.2) is 23.1 Å². The molecule has 1 aliphatic rings. The van der Waals surface area contributed by atoms with E-state index in [1.807, 2.05) is 13.0 Å². The molecule has 0 spiro atoms. The summed E-state index contributed by atoms with van der Waals surface area (Å²) in [6.45, 7) is 4.03. The number of aryl methyl sites for hydroxylation is 1. The van der Waals surface area contributed by atoms with E-state index in [-0.39, 0.29) is 5.56 Å². The highest BCUT2D eigenvalue weighted by Gasteiger charge is 2.18. The topological polar surface area (TPSA) is 57.8 Å². The van der Waals surface area contributed by atoms with Crippen LogP contribution in [-0.2, 0) is 0 Å². The van der Waals surface area contributed by atoms with E-state index in [4.69, 9.17) is 0 Å². The van der Waals surface area contributed by atoms with Crippen molar-refractivity contribution < 1.29 is 0 Å². The van der Waals surface area contributed by atoms with Gasteiger partial charge >= 0.3 is 0 Å². The van der Waals surface area contributed by atoms with E-state index in [0.29, 0.717) is 5.92 Å². The maximum absolute atomic E-state index is 11.8. The Morgan fingerprint density at radius 2 is 2.11 bits per heavy atom. The first-order valence-electron chi connectivity index (χ1n) is 6.45. The van der Waals surface area contributed by atoms with Crippen molar-refractivity contribution in [2.75, 3.05) is 13.1 Å². The summed E-state index contributed by atoms with van der Waals surface area (Å²) in [6, 6.07) is 4.03. The van der Waals surface area contributed by atoms with Crippen LogP contribution in [0, 0.1) is 6.92 Å². The van der Waals surface area contributed by atoms with Gasteiger partial charge in [0.25, 0.3) is 5.56 Å². The molecule has 3 heterocycles. The number of piperidine rings is 1. The highest BCUT2D eigenvalue weighted by atomic mass is 16.1. The predicted octanol–water partition coefficient (Wildman–Crippen LogP) is 1.70. The van der Waals surface area contributed by atoms with Crippen molar-refractivity contribution in [3.8, 4) is 0 Å². The summed E-state index contributed by atoms with van der Waals surface area (Å²) in [4.78, 5) is 19.1. The van der Waals surface area contributed by atoms with Crippen LogP contribution >= 0.6 is 0 Å². The van der Waals surface area contributed by atoms with E-state index in [0.717, 1.165) is 48.1 Å². The first kappa shape index (κ1) is 11.4. The number of rotatable bonds is 1. The van der Waals surface area contributed by atoms with Crippen molar-refractivity contribution >= 4 is 10.8 Å². The molecule has 1 aliphatic heterocycles. The summed E-state index contributed by atoms with van der Waals surface area (Å²) < 4.78 is 0. The number of hydrogen-bond acceptors (Lipinski definition) is 3. The third-order valence-electron chi connectivity index (χ3n) is 3.71. The van der Waals surface area contributed by atoms with E-state index in [2.05, 4.69) is 21.4 Å². The van der Waals surface area contributed by atoms with Crippen LogP contribution < -0.4 is 10.9 Å². The maximum Gasteiger partial charge on any atom is 0.257 e. The van der Waals surface area contributed by atoms with Crippen LogP contribution in [0.15, 0.2) is 23.1 Å². The highest BCUT2D eigenvalue weighted by molar-refractivity contribution is 5.83. The molecule has 0 saturated carbocycles. The summed E-state index contributed by atoms with van der Waals surface area (Å²) in [6.07, 6.45) is 3.96. The molecule has 0 amide bonds. The lowest BCUT2D eigenvalue weighted by Gasteiger charge is -2.22. The summed E-state index contributed by atoms with van der Waals surface area (Å²) in [5.41, 5.74) is 1.92. The number of hydrogen-bond donors (Lipinski definition) is 2. The van der Waals surface area contributed by atoms with E-state index in [9.17, 15) is 4.79 Å². The van der Waals surface area contributed by atoms with Gasteiger partial charge in [0.2, 0.25) is 0 Å². The third kappa shape index (κ3) is 1.93. The largest absolute Gasteiger partial charge is 0.329 e. The molecule has 0 bridgehead atoms. The second-order valence-electron chi connectivity index (χ2n) is 4.93. The minimum atomic E-state index is -0.0469. The Kier molecular flexibility index (Phi) is 2.88. The van der Waals surface area contributed by atoms with Crippen molar-refractivity contribution in [3.05, 3.63) is 40.1 Å². The second kappa shape index (κ2) is 4.53. The molecule has 18 heavy (non-hydrogen) atoms. The number of nitrogens with one attached hydrogen (secondary N) is 2. The summed E-state index contributed by atoms with van der Waals surface area (Å²) in [7, 11) is 0. The standard InChI is InChI=1S/C14H17N3O/c1-9-13-11(4-7-16-14(13)18)8-12(17-9)10-2-5-15-6-3-10/h4,7-8,10,15H,2-3,5-6H2,1H3,(H,16,18). The first-order chi connectivity index (χ1) is 8.75. The Morgan fingerprint density at radius 3 is 2.89 bits per heavy atom. The maximum atomic E-state index is 11.8. The Balaban J connectivity index is 2.12. The van der Waals surface area contributed by atoms with Gasteiger partial charge in [0.15, 0.2) is 0 Å². The lowest BCUT2D eigenvalue weighted by molar-refractivity contribution is 0.453. The molecule has 0 atom stereocenters. The lowest BCUT2D eigenvalue weighted by Crippen LogP contribution is -2.27. The second-order valence-corrected chi connectivity index (χ2v) is 4.93. The van der Waals surface area contributed by atoms with Crippen LogP contribution in [0.5, 0.6) is 0 Å². The summed E-state index contributed by atoms with van der Waals surface area (Å²) in [5.74, 6) is 0.522. The highest BCUT2D eigenvalue weighted by Crippen LogP contribution is 2.26. The molecule has 2 aromatic rings. The fraction of sp³-hybridized carbons (Fsp3) is 0.429. The monoisotopic (exact) mass is 243 g/mol. The average molecular weight is 243 g/mol. The molecule has 3 rings (SSSR count). The van der Waals surface area contributed by atoms with Gasteiger partial charge in [-0.2, -0.15) is 0 Å².